The van der Waals surface area contributed by atoms with Gasteiger partial charge in [-0.2, -0.15) is 0 Å². The van der Waals surface area contributed by atoms with Gasteiger partial charge < -0.3 is 0 Å². The van der Waals surface area contributed by atoms with Crippen molar-refractivity contribution in [2.75, 3.05) is 0 Å². The average molecular weight is 292 g/mol. The maximum absolute atomic E-state index is 2.32. The molecule has 0 fully saturated rings. The summed E-state index contributed by atoms with van der Waals surface area (Å²) in [5.41, 5.74) is 0. The Kier molecular flexibility index (Phi) is 2.79. The molecule has 0 rings (SSSR count). The van der Waals surface area contributed by atoms with Gasteiger partial charge in [-0.15, -0.1) is 0 Å². The summed E-state index contributed by atoms with van der Waals surface area (Å²) in [6, 6.07) is 0. The first kappa shape index (κ1) is 7.92. The van der Waals surface area contributed by atoms with Crippen molar-refractivity contribution < 1.29 is 0 Å². The molecule has 3 radical (unpaired) electrons. The summed E-state index contributed by atoms with van der Waals surface area (Å²) in [4.78, 5) is 0. The van der Waals surface area contributed by atoms with Crippen LogP contribution in [0.1, 0.15) is 27.7 Å². The quantitative estimate of drug-likeness (QED) is 0.649. The van der Waals surface area contributed by atoms with Crippen LogP contribution >= 0.6 is 0 Å². The fourth-order valence-corrected chi connectivity index (χ4v) is 0. The molecule has 41 valence electrons. The number of hydrogen-bond donors (Lipinski definition) is 0. The van der Waals surface area contributed by atoms with Gasteiger partial charge in [0, 0.05) is 0 Å². The summed E-state index contributed by atoms with van der Waals surface area (Å²) < 4.78 is 0.639. The summed E-state index contributed by atoms with van der Waals surface area (Å²) in [7, 11) is 0. The third-order valence-corrected chi connectivity index (χ3v) is 3.69. The summed E-state index contributed by atoms with van der Waals surface area (Å²) in [5, 5.41) is 0. The van der Waals surface area contributed by atoms with Crippen LogP contribution in [0.3, 0.4) is 0 Å². The van der Waals surface area contributed by atoms with Gasteiger partial charge in [0.05, 0.1) is 0 Å². The Morgan fingerprint density at radius 1 is 1.29 bits per heavy atom. The van der Waals surface area contributed by atoms with Crippen molar-refractivity contribution in [3.05, 3.63) is 0 Å². The van der Waals surface area contributed by atoms with Gasteiger partial charge in [-0.3, -0.25) is 0 Å². The predicted molar refractivity (Wildman–Crippen MR) is 34.6 cm³/mol. The van der Waals surface area contributed by atoms with E-state index in [4.69, 9.17) is 0 Å². The van der Waals surface area contributed by atoms with Crippen molar-refractivity contribution in [2.24, 2.45) is 5.92 Å². The van der Waals surface area contributed by atoms with Crippen LogP contribution < -0.4 is 0 Å². The van der Waals surface area contributed by atoms with Crippen LogP contribution in [0.4, 0.5) is 0 Å². The van der Waals surface area contributed by atoms with Gasteiger partial charge in [0.2, 0.25) is 0 Å². The van der Waals surface area contributed by atoms with E-state index in [-0.39, 0.29) is 0 Å². The molecule has 0 heterocycles. The monoisotopic (exact) mass is 293 g/mol. The van der Waals surface area contributed by atoms with Crippen molar-refractivity contribution in [3.8, 4) is 0 Å². The molecule has 0 N–H and O–H groups in total. The van der Waals surface area contributed by atoms with Crippen LogP contribution in [-0.4, -0.2) is 25.8 Å². The molecular formula is C6H13Pb. The van der Waals surface area contributed by atoms with Crippen LogP contribution in [0.15, 0.2) is 0 Å². The van der Waals surface area contributed by atoms with E-state index in [1.54, 1.807) is 0 Å². The van der Waals surface area contributed by atoms with Crippen LogP contribution in [0, 0.1) is 5.92 Å². The van der Waals surface area contributed by atoms with Crippen LogP contribution in [0.5, 0.6) is 0 Å². The Morgan fingerprint density at radius 3 is 1.43 bits per heavy atom. The Morgan fingerprint density at radius 2 is 1.43 bits per heavy atom. The Labute approximate surface area is 62.4 Å². The second-order valence-corrected chi connectivity index (χ2v) is 7.89. The molecule has 0 unspecified atom stereocenters. The van der Waals surface area contributed by atoms with E-state index in [0.717, 1.165) is 5.92 Å². The van der Waals surface area contributed by atoms with Crippen LogP contribution in [0.2, 0.25) is 2.97 Å². The molecule has 0 atom stereocenters. The molecule has 0 aliphatic carbocycles. The summed E-state index contributed by atoms with van der Waals surface area (Å²) in [6.45, 7) is 9.22. The number of rotatable bonds is 1. The topological polar surface area (TPSA) is 0 Å². The first-order valence-electron chi connectivity index (χ1n) is 2.69. The van der Waals surface area contributed by atoms with E-state index in [9.17, 15) is 0 Å². The second kappa shape index (κ2) is 2.47. The van der Waals surface area contributed by atoms with Gasteiger partial charge in [-0.1, -0.05) is 0 Å². The fourth-order valence-electron chi connectivity index (χ4n) is 0. The third kappa shape index (κ3) is 3.50. The zero-order chi connectivity index (χ0) is 6.08. The van der Waals surface area contributed by atoms with Gasteiger partial charge in [-0.05, 0) is 0 Å². The van der Waals surface area contributed by atoms with Crippen LogP contribution in [0.25, 0.3) is 0 Å². The molecule has 0 aromatic carbocycles. The Balaban J connectivity index is 3.54. The average Bonchev–Trinajstić information content (AvgIpc) is 1.31. The molecular weight excluding hydrogens is 279 g/mol. The van der Waals surface area contributed by atoms with Crippen molar-refractivity contribution >= 4 is 25.8 Å². The van der Waals surface area contributed by atoms with Gasteiger partial charge in [0.25, 0.3) is 0 Å². The van der Waals surface area contributed by atoms with Crippen molar-refractivity contribution in [3.63, 3.8) is 0 Å². The van der Waals surface area contributed by atoms with Gasteiger partial charge in [0.1, 0.15) is 0 Å². The molecule has 1 heteroatoms. The molecule has 7 heavy (non-hydrogen) atoms. The molecule has 0 amide bonds. The molecule has 0 aliphatic heterocycles. The van der Waals surface area contributed by atoms with E-state index in [0.29, 0.717) is 2.97 Å². The predicted octanol–water partition coefficient (Wildman–Crippen LogP) is 2.01. The molecule has 0 saturated heterocycles. The molecule has 0 saturated carbocycles. The molecule has 0 aromatic rings. The Bertz CT molecular complexity index is 49.7. The van der Waals surface area contributed by atoms with E-state index in [2.05, 4.69) is 27.7 Å². The van der Waals surface area contributed by atoms with Gasteiger partial charge in [-0.25, -0.2) is 0 Å². The van der Waals surface area contributed by atoms with Crippen molar-refractivity contribution in [2.45, 2.75) is 30.7 Å². The summed E-state index contributed by atoms with van der Waals surface area (Å²) in [6.07, 6.45) is 0. The normalized spacial score (nSPS) is 12.9. The number of hydrogen-bond acceptors (Lipinski definition) is 0. The van der Waals surface area contributed by atoms with Crippen molar-refractivity contribution in [1.82, 2.24) is 0 Å². The molecule has 0 aliphatic rings. The standard InChI is InChI=1S/C6H13.Pb/c1-5(2)6(3)4;/h5H,1-4H3;. The fraction of sp³-hybridized carbons (Fsp3) is 1.00. The van der Waals surface area contributed by atoms with E-state index in [1.165, 1.54) is 25.8 Å². The first-order chi connectivity index (χ1) is 2.94. The van der Waals surface area contributed by atoms with Crippen molar-refractivity contribution in [1.29, 1.82) is 0 Å². The van der Waals surface area contributed by atoms with Gasteiger partial charge >= 0.3 is 62.4 Å². The SMILES string of the molecule is CC(C)[C](C)(C)[Pb]. The molecule has 0 bridgehead atoms. The van der Waals surface area contributed by atoms with E-state index >= 15 is 0 Å². The van der Waals surface area contributed by atoms with E-state index < -0.39 is 0 Å². The first-order valence-corrected chi connectivity index (χ1v) is 4.64. The maximum atomic E-state index is 2.32. The van der Waals surface area contributed by atoms with Gasteiger partial charge in [0.15, 0.2) is 0 Å². The molecule has 0 nitrogen and oxygen atoms in total. The zero-order valence-electron chi connectivity index (χ0n) is 5.58. The van der Waals surface area contributed by atoms with E-state index in [1.807, 2.05) is 0 Å². The second-order valence-electron chi connectivity index (χ2n) is 2.88. The molecule has 0 aromatic heterocycles. The minimum atomic E-state index is 0.639. The Hall–Kier alpha value is 0.922. The van der Waals surface area contributed by atoms with Crippen LogP contribution in [-0.2, 0) is 0 Å². The summed E-state index contributed by atoms with van der Waals surface area (Å²) in [5.74, 6) is 0.860. The third-order valence-electron chi connectivity index (χ3n) is 1.44. The zero-order valence-corrected chi connectivity index (χ0v) is 9.46. The summed E-state index contributed by atoms with van der Waals surface area (Å²) >= 11 is 1.31. The minimum absolute atomic E-state index is 0.639. The molecule has 0 spiro atoms.